The topological polar surface area (TPSA) is 76.7 Å². The zero-order valence-corrected chi connectivity index (χ0v) is 17.7. The van der Waals surface area contributed by atoms with Gasteiger partial charge in [-0.05, 0) is 43.9 Å². The first-order valence-electron chi connectivity index (χ1n) is 10.4. The molecule has 2 heterocycles. The summed E-state index contributed by atoms with van der Waals surface area (Å²) in [6, 6.07) is 8.06. The monoisotopic (exact) mass is 400 g/mol. The van der Waals surface area contributed by atoms with E-state index >= 15 is 0 Å². The predicted octanol–water partition coefficient (Wildman–Crippen LogP) is 1.88. The summed E-state index contributed by atoms with van der Waals surface area (Å²) in [6.07, 6.45) is 3.87. The van der Waals surface area contributed by atoms with Crippen molar-refractivity contribution >= 4 is 5.96 Å². The molecule has 0 amide bonds. The first-order valence-corrected chi connectivity index (χ1v) is 10.4. The first kappa shape index (κ1) is 21.0. The lowest BCUT2D eigenvalue weighted by molar-refractivity contribution is 0.414. The van der Waals surface area contributed by atoms with Gasteiger partial charge in [0.15, 0.2) is 5.96 Å². The minimum Gasteiger partial charge on any atom is -0.497 e. The summed E-state index contributed by atoms with van der Waals surface area (Å²) in [6.45, 7) is 5.66. The Balaban J connectivity index is 1.55. The maximum Gasteiger partial charge on any atom is 0.345 e. The fourth-order valence-electron chi connectivity index (χ4n) is 3.55. The van der Waals surface area contributed by atoms with Crippen LogP contribution >= 0.6 is 0 Å². The molecule has 3 rings (SSSR count). The van der Waals surface area contributed by atoms with Crippen LogP contribution in [-0.4, -0.2) is 52.5 Å². The van der Waals surface area contributed by atoms with Gasteiger partial charge >= 0.3 is 5.69 Å². The Bertz CT molecular complexity index is 868. The van der Waals surface area contributed by atoms with E-state index in [1.807, 2.05) is 23.7 Å². The van der Waals surface area contributed by atoms with E-state index in [9.17, 15) is 4.79 Å². The van der Waals surface area contributed by atoms with Gasteiger partial charge < -0.3 is 15.0 Å². The Morgan fingerprint density at radius 1 is 1.31 bits per heavy atom. The SMILES string of the molecule is CCNC(=NCCCn1nc2n(c1=O)CCCC2)N(C)Cc1ccc(OC)cc1. The van der Waals surface area contributed by atoms with Gasteiger partial charge in [-0.15, -0.1) is 0 Å². The van der Waals surface area contributed by atoms with Crippen LogP contribution in [0.1, 0.15) is 37.6 Å². The van der Waals surface area contributed by atoms with Gasteiger partial charge in [-0.3, -0.25) is 9.56 Å². The van der Waals surface area contributed by atoms with E-state index in [-0.39, 0.29) is 5.69 Å². The second kappa shape index (κ2) is 10.1. The van der Waals surface area contributed by atoms with E-state index in [4.69, 9.17) is 9.73 Å². The number of methoxy groups -OCH3 is 1. The minimum absolute atomic E-state index is 0.0206. The number of guanidine groups is 1. The number of hydrogen-bond donors (Lipinski definition) is 1. The van der Waals surface area contributed by atoms with Crippen LogP contribution in [0.25, 0.3) is 0 Å². The van der Waals surface area contributed by atoms with Crippen LogP contribution in [0.15, 0.2) is 34.1 Å². The molecule has 29 heavy (non-hydrogen) atoms. The maximum atomic E-state index is 12.4. The lowest BCUT2D eigenvalue weighted by atomic mass is 10.2. The molecule has 0 bridgehead atoms. The number of aryl methyl sites for hydroxylation is 2. The van der Waals surface area contributed by atoms with Gasteiger partial charge in [0.1, 0.15) is 11.6 Å². The lowest BCUT2D eigenvalue weighted by Gasteiger charge is -2.22. The average molecular weight is 401 g/mol. The Labute approximate surface area is 172 Å². The Morgan fingerprint density at radius 2 is 2.10 bits per heavy atom. The zero-order valence-electron chi connectivity index (χ0n) is 17.7. The molecule has 8 nitrogen and oxygen atoms in total. The number of fused-ring (bicyclic) bond motifs is 1. The standard InChI is InChI=1S/C21H32N6O2/c1-4-22-20(25(2)16-17-9-11-18(29-3)12-10-17)23-13-7-15-27-21(28)26-14-6-5-8-19(26)24-27/h9-12H,4-8,13-16H2,1-3H3,(H,22,23). The van der Waals surface area contributed by atoms with Crippen molar-refractivity contribution < 1.29 is 4.74 Å². The number of nitrogens with zero attached hydrogens (tertiary/aromatic N) is 5. The van der Waals surface area contributed by atoms with Crippen LogP contribution < -0.4 is 15.7 Å². The number of aromatic nitrogens is 3. The maximum absolute atomic E-state index is 12.4. The molecule has 0 aliphatic carbocycles. The first-order chi connectivity index (χ1) is 14.1. The molecule has 1 aromatic carbocycles. The van der Waals surface area contributed by atoms with Crippen molar-refractivity contribution in [3.63, 3.8) is 0 Å². The van der Waals surface area contributed by atoms with Gasteiger partial charge in [-0.1, -0.05) is 12.1 Å². The number of aliphatic imine (C=N–C) groups is 1. The van der Waals surface area contributed by atoms with E-state index in [0.717, 1.165) is 62.9 Å². The van der Waals surface area contributed by atoms with Crippen molar-refractivity contribution in [2.45, 2.75) is 52.2 Å². The third-order valence-corrected chi connectivity index (χ3v) is 5.10. The molecular weight excluding hydrogens is 368 g/mol. The molecule has 0 unspecified atom stereocenters. The highest BCUT2D eigenvalue weighted by molar-refractivity contribution is 5.79. The normalized spacial score (nSPS) is 13.8. The average Bonchev–Trinajstić information content (AvgIpc) is 3.06. The Hall–Kier alpha value is -2.77. The molecule has 0 saturated carbocycles. The fourth-order valence-corrected chi connectivity index (χ4v) is 3.55. The van der Waals surface area contributed by atoms with Crippen LogP contribution in [0.4, 0.5) is 0 Å². The van der Waals surface area contributed by atoms with Crippen LogP contribution in [0, 0.1) is 0 Å². The zero-order chi connectivity index (χ0) is 20.6. The molecule has 1 aliphatic heterocycles. The highest BCUT2D eigenvalue weighted by atomic mass is 16.5. The van der Waals surface area contributed by atoms with E-state index < -0.39 is 0 Å². The van der Waals surface area contributed by atoms with E-state index in [1.54, 1.807) is 11.8 Å². The van der Waals surface area contributed by atoms with Crippen LogP contribution in [-0.2, 0) is 26.1 Å². The molecule has 1 aromatic heterocycles. The molecule has 1 aliphatic rings. The van der Waals surface area contributed by atoms with Gasteiger partial charge in [-0.25, -0.2) is 9.48 Å². The fraction of sp³-hybridized carbons (Fsp3) is 0.571. The number of nitrogens with one attached hydrogen (secondary N) is 1. The molecule has 2 aromatic rings. The largest absolute Gasteiger partial charge is 0.497 e. The summed E-state index contributed by atoms with van der Waals surface area (Å²) < 4.78 is 8.64. The van der Waals surface area contributed by atoms with Gasteiger partial charge in [0.2, 0.25) is 0 Å². The van der Waals surface area contributed by atoms with E-state index in [1.165, 1.54) is 5.56 Å². The Kier molecular flexibility index (Phi) is 7.32. The van der Waals surface area contributed by atoms with Crippen molar-refractivity contribution in [2.24, 2.45) is 4.99 Å². The third kappa shape index (κ3) is 5.40. The van der Waals surface area contributed by atoms with Crippen molar-refractivity contribution in [1.82, 2.24) is 24.6 Å². The third-order valence-electron chi connectivity index (χ3n) is 5.10. The van der Waals surface area contributed by atoms with Crippen LogP contribution in [0.5, 0.6) is 5.75 Å². The summed E-state index contributed by atoms with van der Waals surface area (Å²) in [5, 5.41) is 7.83. The quantitative estimate of drug-likeness (QED) is 0.416. The molecular formula is C21H32N6O2. The van der Waals surface area contributed by atoms with Crippen LogP contribution in [0.3, 0.4) is 0 Å². The molecule has 8 heteroatoms. The smallest absolute Gasteiger partial charge is 0.345 e. The van der Waals surface area contributed by atoms with Crippen LogP contribution in [0.2, 0.25) is 0 Å². The summed E-state index contributed by atoms with van der Waals surface area (Å²) in [5.41, 5.74) is 1.21. The summed E-state index contributed by atoms with van der Waals surface area (Å²) >= 11 is 0. The highest BCUT2D eigenvalue weighted by Gasteiger charge is 2.16. The molecule has 0 radical (unpaired) electrons. The summed E-state index contributed by atoms with van der Waals surface area (Å²) in [4.78, 5) is 19.2. The van der Waals surface area contributed by atoms with Gasteiger partial charge in [-0.2, -0.15) is 5.10 Å². The molecule has 1 N–H and O–H groups in total. The van der Waals surface area contributed by atoms with Gasteiger partial charge in [0.25, 0.3) is 0 Å². The van der Waals surface area contributed by atoms with Crippen molar-refractivity contribution in [3.05, 3.63) is 46.1 Å². The molecule has 0 fully saturated rings. The second-order valence-electron chi connectivity index (χ2n) is 7.32. The highest BCUT2D eigenvalue weighted by Crippen LogP contribution is 2.13. The lowest BCUT2D eigenvalue weighted by Crippen LogP contribution is -2.38. The van der Waals surface area contributed by atoms with Gasteiger partial charge in [0, 0.05) is 46.2 Å². The predicted molar refractivity (Wildman–Crippen MR) is 114 cm³/mol. The molecule has 0 atom stereocenters. The molecule has 0 spiro atoms. The van der Waals surface area contributed by atoms with Crippen molar-refractivity contribution in [2.75, 3.05) is 27.2 Å². The summed E-state index contributed by atoms with van der Waals surface area (Å²) in [7, 11) is 3.70. The second-order valence-corrected chi connectivity index (χ2v) is 7.32. The summed E-state index contributed by atoms with van der Waals surface area (Å²) in [5.74, 6) is 2.64. The number of rotatable bonds is 8. The van der Waals surface area contributed by atoms with Crippen molar-refractivity contribution in [3.8, 4) is 5.75 Å². The number of hydrogen-bond acceptors (Lipinski definition) is 4. The van der Waals surface area contributed by atoms with E-state index in [0.29, 0.717) is 13.1 Å². The van der Waals surface area contributed by atoms with E-state index in [2.05, 4.69) is 34.4 Å². The Morgan fingerprint density at radius 3 is 2.79 bits per heavy atom. The van der Waals surface area contributed by atoms with Gasteiger partial charge in [0.05, 0.1) is 7.11 Å². The number of ether oxygens (including phenoxy) is 1. The molecule has 158 valence electrons. The van der Waals surface area contributed by atoms with Crippen molar-refractivity contribution in [1.29, 1.82) is 0 Å². The number of benzene rings is 1. The molecule has 0 saturated heterocycles. The minimum atomic E-state index is 0.0206.